The van der Waals surface area contributed by atoms with E-state index in [0.29, 0.717) is 6.04 Å². The number of ether oxygens (including phenoxy) is 1. The van der Waals surface area contributed by atoms with E-state index < -0.39 is 0 Å². The summed E-state index contributed by atoms with van der Waals surface area (Å²) in [5, 5.41) is 0.726. The van der Waals surface area contributed by atoms with Gasteiger partial charge >= 0.3 is 0 Å². The van der Waals surface area contributed by atoms with Crippen LogP contribution in [0.25, 0.3) is 0 Å². The molecule has 3 fully saturated rings. The van der Waals surface area contributed by atoms with E-state index in [1.807, 2.05) is 0 Å². The fourth-order valence-electron chi connectivity index (χ4n) is 3.69. The van der Waals surface area contributed by atoms with Gasteiger partial charge in [0.05, 0.1) is 5.60 Å². The van der Waals surface area contributed by atoms with Gasteiger partial charge in [0.25, 0.3) is 0 Å². The zero-order valence-corrected chi connectivity index (χ0v) is 11.5. The molecule has 2 heterocycles. The van der Waals surface area contributed by atoms with E-state index in [4.69, 9.17) is 10.5 Å². The third kappa shape index (κ3) is 2.52. The third-order valence-corrected chi connectivity index (χ3v) is 6.49. The van der Waals surface area contributed by atoms with Crippen LogP contribution in [-0.2, 0) is 4.74 Å². The summed E-state index contributed by atoms with van der Waals surface area (Å²) in [5.74, 6) is 2.05. The Bertz CT molecular complexity index is 261. The molecule has 2 nitrogen and oxygen atoms in total. The summed E-state index contributed by atoms with van der Waals surface area (Å²) in [4.78, 5) is 0. The van der Waals surface area contributed by atoms with Crippen molar-refractivity contribution in [2.45, 2.75) is 68.3 Å². The zero-order valence-electron chi connectivity index (χ0n) is 10.7. The summed E-state index contributed by atoms with van der Waals surface area (Å²) in [6, 6.07) is 0.418. The SMILES string of the molecule is NC(C1CCOC2(CCC2)C1)C1CCCCS1. The standard InChI is InChI=1S/C14H25NOS/c15-13(12-4-1-2-9-17-12)11-5-8-16-14(10-11)6-3-7-14/h11-13H,1-10,15H2. The Morgan fingerprint density at radius 3 is 2.71 bits per heavy atom. The van der Waals surface area contributed by atoms with Crippen molar-refractivity contribution in [1.82, 2.24) is 0 Å². The van der Waals surface area contributed by atoms with Gasteiger partial charge in [0.1, 0.15) is 0 Å². The van der Waals surface area contributed by atoms with Crippen molar-refractivity contribution in [3.8, 4) is 0 Å². The molecule has 0 aromatic heterocycles. The van der Waals surface area contributed by atoms with Gasteiger partial charge in [-0.25, -0.2) is 0 Å². The lowest BCUT2D eigenvalue weighted by Gasteiger charge is -2.49. The number of nitrogens with two attached hydrogens (primary N) is 1. The molecule has 2 saturated heterocycles. The van der Waals surface area contributed by atoms with E-state index in [1.165, 1.54) is 57.1 Å². The predicted molar refractivity (Wildman–Crippen MR) is 73.3 cm³/mol. The fourth-order valence-corrected chi connectivity index (χ4v) is 5.14. The van der Waals surface area contributed by atoms with Crippen molar-refractivity contribution in [2.24, 2.45) is 11.7 Å². The molecule has 3 rings (SSSR count). The Labute approximate surface area is 109 Å². The highest BCUT2D eigenvalue weighted by Gasteiger charge is 2.44. The van der Waals surface area contributed by atoms with Crippen LogP contribution in [0.15, 0.2) is 0 Å². The highest BCUT2D eigenvalue weighted by Crippen LogP contribution is 2.46. The Morgan fingerprint density at radius 2 is 2.06 bits per heavy atom. The highest BCUT2D eigenvalue weighted by molar-refractivity contribution is 8.00. The smallest absolute Gasteiger partial charge is 0.0685 e. The van der Waals surface area contributed by atoms with E-state index in [9.17, 15) is 0 Å². The van der Waals surface area contributed by atoms with Crippen molar-refractivity contribution in [3.05, 3.63) is 0 Å². The van der Waals surface area contributed by atoms with Gasteiger partial charge in [-0.15, -0.1) is 0 Å². The van der Waals surface area contributed by atoms with Crippen LogP contribution >= 0.6 is 11.8 Å². The molecule has 2 aliphatic heterocycles. The molecule has 3 heteroatoms. The average molecular weight is 255 g/mol. The fraction of sp³-hybridized carbons (Fsp3) is 1.00. The molecule has 1 spiro atoms. The molecule has 0 aromatic rings. The van der Waals surface area contributed by atoms with Gasteiger partial charge in [-0.1, -0.05) is 6.42 Å². The van der Waals surface area contributed by atoms with Gasteiger partial charge in [-0.3, -0.25) is 0 Å². The Kier molecular flexibility index (Phi) is 3.69. The lowest BCUT2D eigenvalue weighted by molar-refractivity contribution is -0.145. The Hall–Kier alpha value is 0.270. The molecule has 17 heavy (non-hydrogen) atoms. The maximum atomic E-state index is 6.55. The van der Waals surface area contributed by atoms with Gasteiger partial charge in [-0.2, -0.15) is 11.8 Å². The second kappa shape index (κ2) is 5.10. The van der Waals surface area contributed by atoms with Crippen LogP contribution in [0.1, 0.15) is 51.4 Å². The first-order valence-electron chi connectivity index (χ1n) is 7.30. The maximum absolute atomic E-state index is 6.55. The molecule has 0 bridgehead atoms. The van der Waals surface area contributed by atoms with Crippen molar-refractivity contribution < 1.29 is 4.74 Å². The molecule has 1 saturated carbocycles. The molecular formula is C14H25NOS. The van der Waals surface area contributed by atoms with Gasteiger partial charge in [0.15, 0.2) is 0 Å². The van der Waals surface area contributed by atoms with E-state index in [1.54, 1.807) is 0 Å². The van der Waals surface area contributed by atoms with Crippen molar-refractivity contribution >= 4 is 11.8 Å². The number of rotatable bonds is 2. The summed E-state index contributed by atoms with van der Waals surface area (Å²) in [6.45, 7) is 0.954. The van der Waals surface area contributed by atoms with E-state index in [-0.39, 0.29) is 5.60 Å². The number of hydrogen-bond acceptors (Lipinski definition) is 3. The van der Waals surface area contributed by atoms with Gasteiger partial charge < -0.3 is 10.5 Å². The number of hydrogen-bond donors (Lipinski definition) is 1. The minimum atomic E-state index is 0.264. The Balaban J connectivity index is 1.58. The summed E-state index contributed by atoms with van der Waals surface area (Å²) < 4.78 is 6.01. The third-order valence-electron chi connectivity index (χ3n) is 4.98. The second-order valence-corrected chi connectivity index (χ2v) is 7.47. The molecule has 0 amide bonds. The minimum absolute atomic E-state index is 0.264. The van der Waals surface area contributed by atoms with Crippen LogP contribution < -0.4 is 5.73 Å². The first kappa shape index (κ1) is 12.3. The summed E-state index contributed by atoms with van der Waals surface area (Å²) in [7, 11) is 0. The molecule has 0 radical (unpaired) electrons. The van der Waals surface area contributed by atoms with Crippen LogP contribution in [0.5, 0.6) is 0 Å². The van der Waals surface area contributed by atoms with Gasteiger partial charge in [0.2, 0.25) is 0 Å². The lowest BCUT2D eigenvalue weighted by atomic mass is 9.70. The molecular weight excluding hydrogens is 230 g/mol. The summed E-state index contributed by atoms with van der Waals surface area (Å²) in [5.41, 5.74) is 6.81. The zero-order chi connectivity index (χ0) is 11.7. The molecule has 3 unspecified atom stereocenters. The normalized spacial score (nSPS) is 38.6. The molecule has 1 aliphatic carbocycles. The van der Waals surface area contributed by atoms with E-state index in [2.05, 4.69) is 11.8 Å². The minimum Gasteiger partial charge on any atom is -0.375 e. The topological polar surface area (TPSA) is 35.2 Å². The quantitative estimate of drug-likeness (QED) is 0.824. The van der Waals surface area contributed by atoms with Gasteiger partial charge in [-0.05, 0) is 56.6 Å². The molecule has 0 aromatic carbocycles. The Morgan fingerprint density at radius 1 is 1.18 bits per heavy atom. The van der Waals surface area contributed by atoms with Crippen LogP contribution in [0.3, 0.4) is 0 Å². The lowest BCUT2D eigenvalue weighted by Crippen LogP contribution is -2.51. The molecule has 3 aliphatic rings. The van der Waals surface area contributed by atoms with Crippen LogP contribution in [0.2, 0.25) is 0 Å². The van der Waals surface area contributed by atoms with Crippen molar-refractivity contribution in [3.63, 3.8) is 0 Å². The first-order valence-corrected chi connectivity index (χ1v) is 8.35. The van der Waals surface area contributed by atoms with Crippen LogP contribution in [0, 0.1) is 5.92 Å². The van der Waals surface area contributed by atoms with E-state index in [0.717, 1.165) is 17.8 Å². The monoisotopic (exact) mass is 255 g/mol. The molecule has 98 valence electrons. The second-order valence-electron chi connectivity index (χ2n) is 6.12. The molecule has 3 atom stereocenters. The van der Waals surface area contributed by atoms with Crippen LogP contribution in [0.4, 0.5) is 0 Å². The number of thioether (sulfide) groups is 1. The van der Waals surface area contributed by atoms with Crippen molar-refractivity contribution in [2.75, 3.05) is 12.4 Å². The maximum Gasteiger partial charge on any atom is 0.0685 e. The summed E-state index contributed by atoms with van der Waals surface area (Å²) >= 11 is 2.12. The van der Waals surface area contributed by atoms with Crippen molar-refractivity contribution in [1.29, 1.82) is 0 Å². The predicted octanol–water partition coefficient (Wildman–Crippen LogP) is 2.95. The summed E-state index contributed by atoms with van der Waals surface area (Å²) in [6.07, 6.45) is 10.5. The van der Waals surface area contributed by atoms with Crippen LogP contribution in [-0.4, -0.2) is 29.3 Å². The average Bonchev–Trinajstić information content (AvgIpc) is 2.37. The largest absolute Gasteiger partial charge is 0.375 e. The highest BCUT2D eigenvalue weighted by atomic mass is 32.2. The first-order chi connectivity index (χ1) is 8.29. The van der Waals surface area contributed by atoms with Gasteiger partial charge in [0, 0.05) is 17.9 Å². The van der Waals surface area contributed by atoms with E-state index >= 15 is 0 Å². The molecule has 2 N–H and O–H groups in total.